The monoisotopic (exact) mass is 256 g/mol. The van der Waals surface area contributed by atoms with Crippen LogP contribution in [0.2, 0.25) is 0 Å². The molecule has 2 aliphatic carbocycles. The minimum atomic E-state index is -0.0520. The fraction of sp³-hybridized carbons (Fsp3) is 0.467. The van der Waals surface area contributed by atoms with Crippen molar-refractivity contribution in [2.45, 2.75) is 19.3 Å². The van der Waals surface area contributed by atoms with Crippen LogP contribution in [0.4, 0.5) is 11.4 Å². The van der Waals surface area contributed by atoms with E-state index in [4.69, 9.17) is 5.73 Å². The normalized spacial score (nSPS) is 36.1. The van der Waals surface area contributed by atoms with Gasteiger partial charge in [-0.25, -0.2) is 0 Å². The molecule has 4 rings (SSSR count). The maximum absolute atomic E-state index is 12.5. The van der Waals surface area contributed by atoms with E-state index in [0.29, 0.717) is 23.2 Å². The molecule has 1 aliphatic heterocycles. The van der Waals surface area contributed by atoms with Gasteiger partial charge >= 0.3 is 0 Å². The van der Waals surface area contributed by atoms with Gasteiger partial charge in [0.05, 0.1) is 17.5 Å². The number of nitrogen functional groups attached to an aromatic ring is 1. The summed E-state index contributed by atoms with van der Waals surface area (Å²) in [5.41, 5.74) is 6.96. The Morgan fingerprint density at radius 3 is 2.00 bits per heavy atom. The van der Waals surface area contributed by atoms with Crippen molar-refractivity contribution >= 4 is 23.2 Å². The van der Waals surface area contributed by atoms with Crippen LogP contribution in [0.25, 0.3) is 0 Å². The topological polar surface area (TPSA) is 63.4 Å². The summed E-state index contributed by atoms with van der Waals surface area (Å²) in [5, 5.41) is 0. The van der Waals surface area contributed by atoms with Crippen molar-refractivity contribution in [3.8, 4) is 0 Å². The molecule has 2 saturated carbocycles. The van der Waals surface area contributed by atoms with E-state index < -0.39 is 0 Å². The molecule has 0 radical (unpaired) electrons. The summed E-state index contributed by atoms with van der Waals surface area (Å²) in [5.74, 6) is 0.780. The van der Waals surface area contributed by atoms with Crippen LogP contribution in [-0.2, 0) is 9.59 Å². The molecule has 19 heavy (non-hydrogen) atoms. The molecular weight excluding hydrogens is 240 g/mol. The molecule has 2 amide bonds. The number of benzene rings is 1. The Morgan fingerprint density at radius 2 is 1.47 bits per heavy atom. The van der Waals surface area contributed by atoms with Gasteiger partial charge in [-0.2, -0.15) is 0 Å². The smallest absolute Gasteiger partial charge is 0.237 e. The third-order valence-electron chi connectivity index (χ3n) is 5.08. The van der Waals surface area contributed by atoms with Gasteiger partial charge in [0.2, 0.25) is 11.8 Å². The summed E-state index contributed by atoms with van der Waals surface area (Å²) in [6.07, 6.45) is 3.29. The van der Waals surface area contributed by atoms with Gasteiger partial charge in [0.15, 0.2) is 0 Å². The van der Waals surface area contributed by atoms with E-state index in [1.54, 1.807) is 24.3 Å². The predicted molar refractivity (Wildman–Crippen MR) is 71.2 cm³/mol. The maximum Gasteiger partial charge on any atom is 0.237 e. The number of hydrogen-bond acceptors (Lipinski definition) is 3. The number of carbonyl (C=O) groups is 2. The average molecular weight is 256 g/mol. The number of imide groups is 1. The molecule has 4 atom stereocenters. The van der Waals surface area contributed by atoms with E-state index in [0.717, 1.165) is 19.3 Å². The lowest BCUT2D eigenvalue weighted by atomic mass is 9.81. The molecule has 4 heteroatoms. The lowest BCUT2D eigenvalue weighted by Gasteiger charge is -2.19. The molecule has 0 aromatic heterocycles. The van der Waals surface area contributed by atoms with Gasteiger partial charge in [-0.3, -0.25) is 14.5 Å². The molecule has 3 aliphatic rings. The highest BCUT2D eigenvalue weighted by Crippen LogP contribution is 2.56. The van der Waals surface area contributed by atoms with Crippen molar-refractivity contribution in [3.63, 3.8) is 0 Å². The summed E-state index contributed by atoms with van der Waals surface area (Å²) >= 11 is 0. The first-order valence-corrected chi connectivity index (χ1v) is 6.90. The van der Waals surface area contributed by atoms with Crippen molar-refractivity contribution in [2.75, 3.05) is 10.6 Å². The average Bonchev–Trinajstić information content (AvgIpc) is 3.06. The Bertz CT molecular complexity index is 538. The van der Waals surface area contributed by atoms with Crippen molar-refractivity contribution in [1.82, 2.24) is 0 Å². The summed E-state index contributed by atoms with van der Waals surface area (Å²) < 4.78 is 0. The molecule has 1 aromatic carbocycles. The Morgan fingerprint density at radius 1 is 0.947 bits per heavy atom. The highest BCUT2D eigenvalue weighted by molar-refractivity contribution is 6.22. The van der Waals surface area contributed by atoms with Crippen LogP contribution in [0, 0.1) is 23.7 Å². The second-order valence-electron chi connectivity index (χ2n) is 5.99. The molecular formula is C15H16N2O2. The highest BCUT2D eigenvalue weighted by Gasteiger charge is 2.61. The Hall–Kier alpha value is -1.84. The summed E-state index contributed by atoms with van der Waals surface area (Å²) in [6, 6.07) is 6.99. The SMILES string of the molecule is Nc1ccc(N2C(=O)[C@H]3[C@H]4CC[C@@H](C4)[C@@H]3C2=O)cc1. The number of nitrogens with zero attached hydrogens (tertiary/aromatic N) is 1. The van der Waals surface area contributed by atoms with Crippen molar-refractivity contribution < 1.29 is 9.59 Å². The lowest BCUT2D eigenvalue weighted by molar-refractivity contribution is -0.123. The van der Waals surface area contributed by atoms with E-state index >= 15 is 0 Å². The minimum Gasteiger partial charge on any atom is -0.399 e. The van der Waals surface area contributed by atoms with E-state index in [2.05, 4.69) is 0 Å². The fourth-order valence-corrected chi connectivity index (χ4v) is 4.29. The van der Waals surface area contributed by atoms with Crippen LogP contribution in [0.5, 0.6) is 0 Å². The molecule has 0 unspecified atom stereocenters. The summed E-state index contributed by atoms with van der Waals surface area (Å²) in [6.45, 7) is 0. The molecule has 4 nitrogen and oxygen atoms in total. The van der Waals surface area contributed by atoms with E-state index in [-0.39, 0.29) is 23.7 Å². The molecule has 2 N–H and O–H groups in total. The third-order valence-corrected chi connectivity index (χ3v) is 5.08. The number of nitrogens with two attached hydrogens (primary N) is 1. The third kappa shape index (κ3) is 1.34. The first kappa shape index (κ1) is 11.0. The van der Waals surface area contributed by atoms with Gasteiger partial charge in [0.25, 0.3) is 0 Å². The first-order valence-electron chi connectivity index (χ1n) is 6.90. The predicted octanol–water partition coefficient (Wildman–Crippen LogP) is 1.80. The van der Waals surface area contributed by atoms with Crippen molar-refractivity contribution in [1.29, 1.82) is 0 Å². The number of anilines is 2. The van der Waals surface area contributed by atoms with Crippen molar-refractivity contribution in [3.05, 3.63) is 24.3 Å². The quantitative estimate of drug-likeness (QED) is 0.615. The number of amides is 2. The van der Waals surface area contributed by atoms with Crippen LogP contribution >= 0.6 is 0 Å². The largest absolute Gasteiger partial charge is 0.399 e. The zero-order valence-corrected chi connectivity index (χ0v) is 10.6. The number of fused-ring (bicyclic) bond motifs is 5. The minimum absolute atomic E-state index is 0.00646. The van der Waals surface area contributed by atoms with E-state index in [9.17, 15) is 9.59 Å². The summed E-state index contributed by atoms with van der Waals surface area (Å²) in [7, 11) is 0. The molecule has 0 spiro atoms. The highest BCUT2D eigenvalue weighted by atomic mass is 16.2. The standard InChI is InChI=1S/C15H16N2O2/c16-10-3-5-11(6-4-10)17-14(18)12-8-1-2-9(7-8)13(12)15(17)19/h3-6,8-9,12-13H,1-2,7,16H2/t8-,9-,12-,13-/m0/s1. The fourth-order valence-electron chi connectivity index (χ4n) is 4.29. The lowest BCUT2D eigenvalue weighted by Crippen LogP contribution is -2.32. The first-order chi connectivity index (χ1) is 9.16. The van der Waals surface area contributed by atoms with Gasteiger partial charge in [0, 0.05) is 5.69 Å². The van der Waals surface area contributed by atoms with Gasteiger partial charge in [-0.15, -0.1) is 0 Å². The van der Waals surface area contributed by atoms with E-state index in [1.165, 1.54) is 4.90 Å². The van der Waals surface area contributed by atoms with Gasteiger partial charge in [-0.1, -0.05) is 0 Å². The Labute approximate surface area is 111 Å². The molecule has 1 saturated heterocycles. The molecule has 98 valence electrons. The second-order valence-corrected chi connectivity index (χ2v) is 5.99. The van der Waals surface area contributed by atoms with Crippen LogP contribution in [0.3, 0.4) is 0 Å². The Kier molecular flexibility index (Phi) is 2.08. The molecule has 1 heterocycles. The Balaban J connectivity index is 1.73. The van der Waals surface area contributed by atoms with Gasteiger partial charge < -0.3 is 5.73 Å². The second kappa shape index (κ2) is 3.59. The summed E-state index contributed by atoms with van der Waals surface area (Å²) in [4.78, 5) is 26.5. The molecule has 2 bridgehead atoms. The molecule has 3 fully saturated rings. The van der Waals surface area contributed by atoms with Gasteiger partial charge in [0.1, 0.15) is 0 Å². The van der Waals surface area contributed by atoms with Crippen LogP contribution in [0.1, 0.15) is 19.3 Å². The number of rotatable bonds is 1. The van der Waals surface area contributed by atoms with E-state index in [1.807, 2.05) is 0 Å². The number of carbonyl (C=O) groups excluding carboxylic acids is 2. The van der Waals surface area contributed by atoms with Crippen LogP contribution < -0.4 is 10.6 Å². The zero-order chi connectivity index (χ0) is 13.1. The van der Waals surface area contributed by atoms with Crippen LogP contribution in [-0.4, -0.2) is 11.8 Å². The zero-order valence-electron chi connectivity index (χ0n) is 10.6. The molecule has 1 aromatic rings. The van der Waals surface area contributed by atoms with Crippen molar-refractivity contribution in [2.24, 2.45) is 23.7 Å². The van der Waals surface area contributed by atoms with Crippen LogP contribution in [0.15, 0.2) is 24.3 Å². The van der Waals surface area contributed by atoms with Gasteiger partial charge in [-0.05, 0) is 55.4 Å². The maximum atomic E-state index is 12.5. The number of hydrogen-bond donors (Lipinski definition) is 1.